The van der Waals surface area contributed by atoms with Crippen LogP contribution in [-0.2, 0) is 6.54 Å². The van der Waals surface area contributed by atoms with E-state index in [1.165, 1.54) is 18.2 Å². The van der Waals surface area contributed by atoms with Gasteiger partial charge in [0.1, 0.15) is 17.3 Å². The number of nitrogens with zero attached hydrogens (tertiary/aromatic N) is 1. The van der Waals surface area contributed by atoms with Crippen LogP contribution in [0.25, 0.3) is 10.9 Å². The maximum Gasteiger partial charge on any atom is 0.270 e. The highest BCUT2D eigenvalue weighted by Crippen LogP contribution is 2.30. The van der Waals surface area contributed by atoms with Crippen LogP contribution in [0.5, 0.6) is 0 Å². The van der Waals surface area contributed by atoms with E-state index < -0.39 is 0 Å². The maximum atomic E-state index is 13.8. The molecule has 4 rings (SSSR count). The summed E-state index contributed by atoms with van der Waals surface area (Å²) < 4.78 is 26.9. The molecular formula is C19H16F2N2O. The van der Waals surface area contributed by atoms with Crippen LogP contribution in [0, 0.1) is 11.6 Å². The summed E-state index contributed by atoms with van der Waals surface area (Å²) >= 11 is 0. The van der Waals surface area contributed by atoms with Gasteiger partial charge < -0.3 is 9.88 Å². The van der Waals surface area contributed by atoms with E-state index in [1.807, 2.05) is 0 Å². The number of hydrogen-bond donors (Lipinski definition) is 1. The third-order valence-electron chi connectivity index (χ3n) is 4.36. The van der Waals surface area contributed by atoms with Crippen LogP contribution in [0.15, 0.2) is 48.5 Å². The fourth-order valence-electron chi connectivity index (χ4n) is 2.93. The summed E-state index contributed by atoms with van der Waals surface area (Å²) in [4.78, 5) is 17.7. The first-order chi connectivity index (χ1) is 11.6. The summed E-state index contributed by atoms with van der Waals surface area (Å²) in [5.74, 6) is -0.800. The Balaban J connectivity index is 1.63. The molecular weight excluding hydrogens is 310 g/mol. The van der Waals surface area contributed by atoms with Crippen molar-refractivity contribution in [3.63, 3.8) is 0 Å². The molecule has 0 saturated heterocycles. The number of rotatable bonds is 4. The van der Waals surface area contributed by atoms with E-state index in [9.17, 15) is 13.6 Å². The summed E-state index contributed by atoms with van der Waals surface area (Å²) in [6, 6.07) is 12.6. The minimum Gasteiger partial charge on any atom is -0.350 e. The van der Waals surface area contributed by atoms with Crippen LogP contribution < -0.4 is 0 Å². The normalized spacial score (nSPS) is 14.1. The minimum atomic E-state index is -0.348. The number of nitrogens with one attached hydrogen (secondary N) is 1. The molecule has 3 nitrogen and oxygen atoms in total. The van der Waals surface area contributed by atoms with Crippen molar-refractivity contribution in [3.8, 4) is 0 Å². The van der Waals surface area contributed by atoms with E-state index in [1.54, 1.807) is 35.2 Å². The molecule has 0 atom stereocenters. The van der Waals surface area contributed by atoms with Gasteiger partial charge in [-0.1, -0.05) is 18.2 Å². The van der Waals surface area contributed by atoms with Gasteiger partial charge in [0.15, 0.2) is 0 Å². The molecule has 3 aromatic rings. The highest BCUT2D eigenvalue weighted by Gasteiger charge is 2.33. The molecule has 5 heteroatoms. The van der Waals surface area contributed by atoms with Gasteiger partial charge in [0.2, 0.25) is 0 Å². The number of fused-ring (bicyclic) bond motifs is 1. The van der Waals surface area contributed by atoms with Crippen LogP contribution in [0.2, 0.25) is 0 Å². The lowest BCUT2D eigenvalue weighted by Gasteiger charge is -2.22. The Morgan fingerprint density at radius 2 is 1.88 bits per heavy atom. The van der Waals surface area contributed by atoms with Crippen LogP contribution in [0.3, 0.4) is 0 Å². The van der Waals surface area contributed by atoms with E-state index in [0.29, 0.717) is 23.1 Å². The van der Waals surface area contributed by atoms with E-state index in [0.717, 1.165) is 18.4 Å². The van der Waals surface area contributed by atoms with Crippen LogP contribution >= 0.6 is 0 Å². The van der Waals surface area contributed by atoms with E-state index in [4.69, 9.17) is 0 Å². The zero-order valence-corrected chi connectivity index (χ0v) is 12.9. The summed E-state index contributed by atoms with van der Waals surface area (Å²) in [5.41, 5.74) is 1.86. The molecule has 1 aliphatic rings. The van der Waals surface area contributed by atoms with E-state index in [-0.39, 0.29) is 23.6 Å². The molecule has 1 aromatic heterocycles. The third-order valence-corrected chi connectivity index (χ3v) is 4.36. The molecule has 0 aliphatic heterocycles. The van der Waals surface area contributed by atoms with Crippen molar-refractivity contribution in [1.29, 1.82) is 0 Å². The zero-order valence-electron chi connectivity index (χ0n) is 12.9. The summed E-state index contributed by atoms with van der Waals surface area (Å²) in [5, 5.41) is 0.415. The molecule has 0 radical (unpaired) electrons. The largest absolute Gasteiger partial charge is 0.350 e. The molecule has 122 valence electrons. The number of H-pyrrole nitrogens is 1. The number of halogens is 2. The van der Waals surface area contributed by atoms with Crippen LogP contribution in [-0.4, -0.2) is 21.8 Å². The lowest BCUT2D eigenvalue weighted by atomic mass is 10.2. The van der Waals surface area contributed by atoms with Crippen molar-refractivity contribution in [2.45, 2.75) is 25.4 Å². The molecule has 1 aliphatic carbocycles. The first-order valence-corrected chi connectivity index (χ1v) is 7.94. The number of carbonyl (C=O) groups excluding carboxylic acids is 1. The second-order valence-corrected chi connectivity index (χ2v) is 6.17. The Kier molecular flexibility index (Phi) is 3.56. The predicted octanol–water partition coefficient (Wildman–Crippen LogP) is 4.25. The standard InChI is InChI=1S/C19H16F2N2O/c20-13-6-4-12(5-7-13)11-23(14-8-9-14)19(24)18-10-15-16(21)2-1-3-17(15)22-18/h1-7,10,14,22H,8-9,11H2. The summed E-state index contributed by atoms with van der Waals surface area (Å²) in [7, 11) is 0. The highest BCUT2D eigenvalue weighted by molar-refractivity contribution is 5.98. The Morgan fingerprint density at radius 3 is 2.54 bits per heavy atom. The fourth-order valence-corrected chi connectivity index (χ4v) is 2.93. The Labute approximate surface area is 137 Å². The smallest absolute Gasteiger partial charge is 0.270 e. The van der Waals surface area contributed by atoms with Crippen molar-refractivity contribution in [2.75, 3.05) is 0 Å². The molecule has 1 fully saturated rings. The lowest BCUT2D eigenvalue weighted by molar-refractivity contribution is 0.0725. The number of aromatic nitrogens is 1. The highest BCUT2D eigenvalue weighted by atomic mass is 19.1. The maximum absolute atomic E-state index is 13.8. The molecule has 1 N–H and O–H groups in total. The van der Waals surface area contributed by atoms with Gasteiger partial charge in [0.25, 0.3) is 5.91 Å². The average Bonchev–Trinajstić information content (AvgIpc) is 3.32. The lowest BCUT2D eigenvalue weighted by Crippen LogP contribution is -2.32. The SMILES string of the molecule is O=C(c1cc2c(F)cccc2[nH]1)N(Cc1ccc(F)cc1)C1CC1. The number of hydrogen-bond acceptors (Lipinski definition) is 1. The second kappa shape index (κ2) is 5.74. The predicted molar refractivity (Wildman–Crippen MR) is 87.6 cm³/mol. The van der Waals surface area contributed by atoms with E-state index >= 15 is 0 Å². The molecule has 1 saturated carbocycles. The Morgan fingerprint density at radius 1 is 1.12 bits per heavy atom. The molecule has 0 unspecified atom stereocenters. The molecule has 1 heterocycles. The van der Waals surface area contributed by atoms with Crippen molar-refractivity contribution in [2.24, 2.45) is 0 Å². The van der Waals surface area contributed by atoms with Gasteiger partial charge in [-0.15, -0.1) is 0 Å². The monoisotopic (exact) mass is 326 g/mol. The van der Waals surface area contributed by atoms with Gasteiger partial charge in [-0.3, -0.25) is 4.79 Å². The number of amides is 1. The van der Waals surface area contributed by atoms with Crippen molar-refractivity contribution >= 4 is 16.8 Å². The summed E-state index contributed by atoms with van der Waals surface area (Å²) in [6.45, 7) is 0.418. The Hall–Kier alpha value is -2.69. The second-order valence-electron chi connectivity index (χ2n) is 6.17. The van der Waals surface area contributed by atoms with Gasteiger partial charge >= 0.3 is 0 Å². The number of benzene rings is 2. The topological polar surface area (TPSA) is 36.1 Å². The number of aromatic amines is 1. The van der Waals surface area contributed by atoms with Gasteiger partial charge in [0, 0.05) is 23.5 Å². The first kappa shape index (κ1) is 14.9. The van der Waals surface area contributed by atoms with Crippen molar-refractivity contribution < 1.29 is 13.6 Å². The third kappa shape index (κ3) is 2.77. The zero-order chi connectivity index (χ0) is 16.7. The van der Waals surface area contributed by atoms with Gasteiger partial charge in [-0.2, -0.15) is 0 Å². The quantitative estimate of drug-likeness (QED) is 0.764. The molecule has 2 aromatic carbocycles. The average molecular weight is 326 g/mol. The fraction of sp³-hybridized carbons (Fsp3) is 0.211. The Bertz CT molecular complexity index is 897. The van der Waals surface area contributed by atoms with Gasteiger partial charge in [-0.25, -0.2) is 8.78 Å². The minimum absolute atomic E-state index is 0.155. The molecule has 0 bridgehead atoms. The van der Waals surface area contributed by atoms with Crippen molar-refractivity contribution in [3.05, 3.63) is 71.4 Å². The molecule has 1 amide bonds. The molecule has 24 heavy (non-hydrogen) atoms. The van der Waals surface area contributed by atoms with Crippen LogP contribution in [0.1, 0.15) is 28.9 Å². The van der Waals surface area contributed by atoms with Crippen LogP contribution in [0.4, 0.5) is 8.78 Å². The van der Waals surface area contributed by atoms with E-state index in [2.05, 4.69) is 4.98 Å². The number of carbonyl (C=O) groups is 1. The van der Waals surface area contributed by atoms with Gasteiger partial charge in [0.05, 0.1) is 0 Å². The molecule has 0 spiro atoms. The van der Waals surface area contributed by atoms with Gasteiger partial charge in [-0.05, 0) is 48.7 Å². The first-order valence-electron chi connectivity index (χ1n) is 7.94. The van der Waals surface area contributed by atoms with Crippen molar-refractivity contribution in [1.82, 2.24) is 9.88 Å². The summed E-state index contributed by atoms with van der Waals surface area (Å²) in [6.07, 6.45) is 1.92.